The van der Waals surface area contributed by atoms with Crippen LogP contribution in [0.3, 0.4) is 0 Å². The van der Waals surface area contributed by atoms with Gasteiger partial charge in [0.2, 0.25) is 0 Å². The van der Waals surface area contributed by atoms with E-state index in [0.717, 1.165) is 0 Å². The second-order valence-corrected chi connectivity index (χ2v) is 14.4. The molecule has 6 rings (SSSR count). The molecule has 1 unspecified atom stereocenters. The number of benzene rings is 2. The van der Waals surface area contributed by atoms with Crippen LogP contribution in [0.4, 0.5) is 4.39 Å². The molecule has 2 aromatic carbocycles. The zero-order valence-electron chi connectivity index (χ0n) is 22.3. The summed E-state index contributed by atoms with van der Waals surface area (Å²) in [6.07, 6.45) is 3.04. The maximum atomic E-state index is 16.4. The topological polar surface area (TPSA) is 130 Å². The number of rotatable bonds is 8. The number of carbonyl (C=O) groups is 1. The fourth-order valence-electron chi connectivity index (χ4n) is 5.71. The van der Waals surface area contributed by atoms with E-state index < -0.39 is 44.9 Å². The van der Waals surface area contributed by atoms with Crippen molar-refractivity contribution < 1.29 is 32.6 Å². The van der Waals surface area contributed by atoms with Crippen LogP contribution in [0.5, 0.6) is 0 Å². The quantitative estimate of drug-likeness (QED) is 0.377. The molecule has 9 nitrogen and oxygen atoms in total. The highest BCUT2D eigenvalue weighted by molar-refractivity contribution is 7.91. The van der Waals surface area contributed by atoms with E-state index in [0.29, 0.717) is 28.5 Å². The van der Waals surface area contributed by atoms with Crippen molar-refractivity contribution in [2.45, 2.75) is 49.7 Å². The predicted molar refractivity (Wildman–Crippen MR) is 152 cm³/mol. The summed E-state index contributed by atoms with van der Waals surface area (Å²) >= 11 is 12.2. The Morgan fingerprint density at radius 2 is 1.71 bits per heavy atom. The van der Waals surface area contributed by atoms with Crippen LogP contribution in [0.25, 0.3) is 0 Å². The molecule has 3 heterocycles. The Hall–Kier alpha value is -2.67. The minimum Gasteiger partial charge on any atom is -0.388 e. The number of carbonyl (C=O) groups excluding carboxylic acids is 1. The Morgan fingerprint density at radius 3 is 2.33 bits per heavy atom. The van der Waals surface area contributed by atoms with E-state index in [9.17, 15) is 23.4 Å². The maximum Gasteiger partial charge on any atom is 0.257 e. The number of ether oxygens (including phenoxy) is 1. The van der Waals surface area contributed by atoms with E-state index in [1.54, 1.807) is 24.3 Å². The smallest absolute Gasteiger partial charge is 0.257 e. The zero-order chi connectivity index (χ0) is 29.9. The molecule has 2 N–H and O–H groups in total. The molecule has 2 aliphatic heterocycles. The van der Waals surface area contributed by atoms with Gasteiger partial charge in [0.05, 0.1) is 52.5 Å². The minimum atomic E-state index is -3.17. The van der Waals surface area contributed by atoms with Crippen LogP contribution in [-0.4, -0.2) is 63.1 Å². The van der Waals surface area contributed by atoms with Gasteiger partial charge in [0.15, 0.2) is 5.72 Å². The Balaban J connectivity index is 1.48. The molecule has 1 amide bonds. The lowest BCUT2D eigenvalue weighted by Gasteiger charge is -2.40. The molecule has 1 aliphatic carbocycles. The summed E-state index contributed by atoms with van der Waals surface area (Å²) in [5.74, 6) is -1.71. The van der Waals surface area contributed by atoms with E-state index in [1.807, 2.05) is 0 Å². The van der Waals surface area contributed by atoms with Crippen molar-refractivity contribution in [1.82, 2.24) is 14.9 Å². The largest absolute Gasteiger partial charge is 0.388 e. The Bertz CT molecular complexity index is 1620. The molecule has 0 spiro atoms. The van der Waals surface area contributed by atoms with Crippen molar-refractivity contribution >= 4 is 38.9 Å². The number of sulfone groups is 1. The van der Waals surface area contributed by atoms with Gasteiger partial charge < -0.3 is 14.9 Å². The number of amides is 1. The van der Waals surface area contributed by atoms with Gasteiger partial charge in [-0.25, -0.2) is 22.8 Å². The SMILES string of the molecule is O=C1c2cc(C(O)C3CCS(=O)(=O)CC3)cc(F)c2[C@](OCC2(O)CC2)(c2ccc(Cl)cc2)N1Cc1ncc(Cl)cn1. The van der Waals surface area contributed by atoms with Crippen LogP contribution in [0.2, 0.25) is 10.0 Å². The van der Waals surface area contributed by atoms with Crippen molar-refractivity contribution in [1.29, 1.82) is 0 Å². The third-order valence-corrected chi connectivity index (χ3v) is 10.4. The Kier molecular flexibility index (Phi) is 7.56. The fraction of sp³-hybridized carbons (Fsp3) is 0.414. The first-order valence-electron chi connectivity index (χ1n) is 13.5. The standard InChI is InChI=1S/C29H28Cl2FN3O6S/c30-20-3-1-19(2-4-20)29(41-16-28(38)7-8-28)25-22(27(37)35(29)15-24-33-13-21(31)14-34-24)11-18(12-23(25)32)26(36)17-5-9-42(39,40)10-6-17/h1-4,11-14,17,26,36,38H,5-10,15-16H2/t26?,29-/m1/s1. The number of fused-ring (bicyclic) bond motifs is 1. The van der Waals surface area contributed by atoms with Gasteiger partial charge in [-0.1, -0.05) is 35.3 Å². The summed E-state index contributed by atoms with van der Waals surface area (Å²) in [4.78, 5) is 24.0. The molecular formula is C29H28Cl2FN3O6S. The molecular weight excluding hydrogens is 608 g/mol. The van der Waals surface area contributed by atoms with E-state index >= 15 is 4.39 Å². The van der Waals surface area contributed by atoms with Crippen molar-refractivity contribution in [3.63, 3.8) is 0 Å². The van der Waals surface area contributed by atoms with Crippen LogP contribution < -0.4 is 0 Å². The molecule has 1 saturated heterocycles. The first kappa shape index (κ1) is 29.4. The Morgan fingerprint density at radius 1 is 1.07 bits per heavy atom. The van der Waals surface area contributed by atoms with Crippen LogP contribution in [0, 0.1) is 11.7 Å². The molecule has 3 aliphatic rings. The first-order valence-corrected chi connectivity index (χ1v) is 16.1. The highest BCUT2D eigenvalue weighted by Crippen LogP contribution is 2.50. The average molecular weight is 637 g/mol. The summed E-state index contributed by atoms with van der Waals surface area (Å²) in [6, 6.07) is 9.06. The highest BCUT2D eigenvalue weighted by Gasteiger charge is 2.56. The number of hydrogen-bond donors (Lipinski definition) is 2. The lowest BCUT2D eigenvalue weighted by molar-refractivity contribution is -0.139. The van der Waals surface area contributed by atoms with Crippen molar-refractivity contribution in [3.05, 3.63) is 92.7 Å². The normalized spacial score (nSPS) is 23.5. The van der Waals surface area contributed by atoms with Crippen molar-refractivity contribution in [2.24, 2.45) is 5.92 Å². The number of aliphatic hydroxyl groups excluding tert-OH is 1. The second-order valence-electron chi connectivity index (χ2n) is 11.2. The number of aromatic nitrogens is 2. The number of aliphatic hydroxyl groups is 2. The summed E-state index contributed by atoms with van der Waals surface area (Å²) < 4.78 is 46.7. The Labute approximate surface area is 252 Å². The average Bonchev–Trinajstić information content (AvgIpc) is 3.65. The van der Waals surface area contributed by atoms with E-state index in [-0.39, 0.29) is 60.0 Å². The summed E-state index contributed by atoms with van der Waals surface area (Å²) in [5, 5.41) is 22.6. The lowest BCUT2D eigenvalue weighted by atomic mass is 9.87. The van der Waals surface area contributed by atoms with Gasteiger partial charge in [-0.3, -0.25) is 9.69 Å². The predicted octanol–water partition coefficient (Wildman–Crippen LogP) is 4.18. The van der Waals surface area contributed by atoms with E-state index in [1.165, 1.54) is 29.4 Å². The minimum absolute atomic E-state index is 0.0285. The summed E-state index contributed by atoms with van der Waals surface area (Å²) in [7, 11) is -3.17. The van der Waals surface area contributed by atoms with Crippen LogP contribution in [0.15, 0.2) is 48.8 Å². The zero-order valence-corrected chi connectivity index (χ0v) is 24.7. The van der Waals surface area contributed by atoms with Crippen LogP contribution in [-0.2, 0) is 26.8 Å². The fourth-order valence-corrected chi connectivity index (χ4v) is 7.46. The molecule has 222 valence electrons. The van der Waals surface area contributed by atoms with Gasteiger partial charge >= 0.3 is 0 Å². The molecule has 13 heteroatoms. The van der Waals surface area contributed by atoms with Crippen molar-refractivity contribution in [2.75, 3.05) is 18.1 Å². The van der Waals surface area contributed by atoms with E-state index in [4.69, 9.17) is 27.9 Å². The summed E-state index contributed by atoms with van der Waals surface area (Å²) in [6.45, 7) is -0.371. The molecule has 0 radical (unpaired) electrons. The third-order valence-electron chi connectivity index (χ3n) is 8.28. The number of nitrogens with zero attached hydrogens (tertiary/aromatic N) is 3. The first-order chi connectivity index (χ1) is 19.9. The maximum absolute atomic E-state index is 16.4. The number of halogens is 3. The van der Waals surface area contributed by atoms with Gasteiger partial charge in [-0.15, -0.1) is 0 Å². The molecule has 42 heavy (non-hydrogen) atoms. The van der Waals surface area contributed by atoms with E-state index in [2.05, 4.69) is 9.97 Å². The molecule has 3 aromatic rings. The van der Waals surface area contributed by atoms with Gasteiger partial charge in [-0.05, 0) is 61.4 Å². The van der Waals surface area contributed by atoms with Gasteiger partial charge in [0.25, 0.3) is 5.91 Å². The van der Waals surface area contributed by atoms with Crippen LogP contribution >= 0.6 is 23.2 Å². The van der Waals surface area contributed by atoms with Crippen LogP contribution in [0.1, 0.15) is 64.7 Å². The molecule has 0 bridgehead atoms. The molecule has 2 atom stereocenters. The lowest BCUT2D eigenvalue weighted by Crippen LogP contribution is -2.48. The highest BCUT2D eigenvalue weighted by atomic mass is 35.5. The monoisotopic (exact) mass is 635 g/mol. The van der Waals surface area contributed by atoms with Gasteiger partial charge in [0, 0.05) is 23.0 Å². The summed E-state index contributed by atoms with van der Waals surface area (Å²) in [5.41, 5.74) is -2.48. The van der Waals surface area contributed by atoms with Gasteiger partial charge in [-0.2, -0.15) is 0 Å². The second kappa shape index (κ2) is 10.8. The number of hydrogen-bond acceptors (Lipinski definition) is 8. The third kappa shape index (κ3) is 5.42. The molecule has 2 fully saturated rings. The van der Waals surface area contributed by atoms with Gasteiger partial charge in [0.1, 0.15) is 21.5 Å². The molecule has 1 saturated carbocycles. The molecule has 1 aromatic heterocycles. The van der Waals surface area contributed by atoms with Crippen molar-refractivity contribution in [3.8, 4) is 0 Å².